The third-order valence-electron chi connectivity index (χ3n) is 1.65. The fourth-order valence-electron chi connectivity index (χ4n) is 0.984. The molecule has 0 amide bonds. The molecule has 0 aromatic carbocycles. The standard InChI is InChI=1S/C8H11BN2O3/c10-4-1-5-11-6-7-2-3-8(14-7)9(12)13/h2-3,11-13H,1,5-6H2. The van der Waals surface area contributed by atoms with Gasteiger partial charge in [-0.25, -0.2) is 0 Å². The Balaban J connectivity index is 2.33. The summed E-state index contributed by atoms with van der Waals surface area (Å²) in [6.07, 6.45) is 0.441. The van der Waals surface area contributed by atoms with Crippen molar-refractivity contribution in [2.45, 2.75) is 13.0 Å². The zero-order chi connectivity index (χ0) is 10.4. The van der Waals surface area contributed by atoms with E-state index in [1.165, 1.54) is 6.07 Å². The van der Waals surface area contributed by atoms with Crippen molar-refractivity contribution in [1.29, 1.82) is 5.26 Å². The van der Waals surface area contributed by atoms with Gasteiger partial charge < -0.3 is 19.8 Å². The van der Waals surface area contributed by atoms with Gasteiger partial charge in [0, 0.05) is 13.0 Å². The minimum absolute atomic E-state index is 0.127. The summed E-state index contributed by atoms with van der Waals surface area (Å²) < 4.78 is 5.08. The molecule has 6 heteroatoms. The highest BCUT2D eigenvalue weighted by Crippen LogP contribution is 1.97. The number of nitriles is 1. The van der Waals surface area contributed by atoms with Gasteiger partial charge in [0.1, 0.15) is 11.4 Å². The average molecular weight is 194 g/mol. The molecule has 1 rings (SSSR count). The Kier molecular flexibility index (Phi) is 4.20. The van der Waals surface area contributed by atoms with Crippen molar-refractivity contribution in [1.82, 2.24) is 5.32 Å². The zero-order valence-corrected chi connectivity index (χ0v) is 7.60. The topological polar surface area (TPSA) is 89.4 Å². The molecule has 0 aliphatic heterocycles. The second-order valence-electron chi connectivity index (χ2n) is 2.76. The summed E-state index contributed by atoms with van der Waals surface area (Å²) in [7, 11) is -1.57. The van der Waals surface area contributed by atoms with Crippen LogP contribution in [-0.2, 0) is 6.54 Å². The first-order valence-electron chi connectivity index (χ1n) is 4.26. The molecule has 14 heavy (non-hydrogen) atoms. The smallest absolute Gasteiger partial charge is 0.468 e. The SMILES string of the molecule is N#CCCNCc1ccc(B(O)O)o1. The van der Waals surface area contributed by atoms with Gasteiger partial charge in [0.05, 0.1) is 12.6 Å². The summed E-state index contributed by atoms with van der Waals surface area (Å²) in [6, 6.07) is 5.17. The molecule has 0 atom stereocenters. The van der Waals surface area contributed by atoms with Crippen LogP contribution in [0.4, 0.5) is 0 Å². The van der Waals surface area contributed by atoms with E-state index in [2.05, 4.69) is 5.32 Å². The van der Waals surface area contributed by atoms with Gasteiger partial charge in [-0.15, -0.1) is 0 Å². The normalized spacial score (nSPS) is 9.79. The van der Waals surface area contributed by atoms with E-state index >= 15 is 0 Å². The minimum Gasteiger partial charge on any atom is -0.468 e. The second kappa shape index (κ2) is 5.45. The Morgan fingerprint density at radius 2 is 2.29 bits per heavy atom. The quantitative estimate of drug-likeness (QED) is 0.411. The third-order valence-corrected chi connectivity index (χ3v) is 1.65. The molecule has 1 aromatic heterocycles. The van der Waals surface area contributed by atoms with Crippen LogP contribution in [-0.4, -0.2) is 23.7 Å². The summed E-state index contributed by atoms with van der Waals surface area (Å²) in [4.78, 5) is 0. The molecule has 0 unspecified atom stereocenters. The molecule has 0 saturated carbocycles. The molecular formula is C8H11BN2O3. The van der Waals surface area contributed by atoms with Gasteiger partial charge in [-0.2, -0.15) is 5.26 Å². The lowest BCUT2D eigenvalue weighted by Gasteiger charge is -1.98. The lowest BCUT2D eigenvalue weighted by atomic mass is 9.88. The number of hydrogen-bond acceptors (Lipinski definition) is 5. The van der Waals surface area contributed by atoms with Gasteiger partial charge in [-0.1, -0.05) is 0 Å². The van der Waals surface area contributed by atoms with Gasteiger partial charge in [0.15, 0.2) is 0 Å². The van der Waals surface area contributed by atoms with E-state index in [1.807, 2.05) is 6.07 Å². The fourth-order valence-corrected chi connectivity index (χ4v) is 0.984. The summed E-state index contributed by atoms with van der Waals surface area (Å²) in [5, 5.41) is 28.7. The van der Waals surface area contributed by atoms with E-state index in [-0.39, 0.29) is 5.66 Å². The van der Waals surface area contributed by atoms with Crippen molar-refractivity contribution < 1.29 is 14.5 Å². The maximum Gasteiger partial charge on any atom is 0.526 e. The van der Waals surface area contributed by atoms with Crippen LogP contribution in [0.1, 0.15) is 12.2 Å². The summed E-state index contributed by atoms with van der Waals surface area (Å²) in [6.45, 7) is 1.07. The van der Waals surface area contributed by atoms with Crippen LogP contribution in [0.2, 0.25) is 0 Å². The molecule has 0 saturated heterocycles. The van der Waals surface area contributed by atoms with Crippen LogP contribution in [0.25, 0.3) is 0 Å². The average Bonchev–Trinajstić information content (AvgIpc) is 2.61. The van der Waals surface area contributed by atoms with E-state index in [1.54, 1.807) is 6.07 Å². The van der Waals surface area contributed by atoms with E-state index in [0.717, 1.165) is 0 Å². The molecule has 1 heterocycles. The molecule has 3 N–H and O–H groups in total. The number of rotatable bonds is 5. The Morgan fingerprint density at radius 3 is 2.86 bits per heavy atom. The van der Waals surface area contributed by atoms with Gasteiger partial charge >= 0.3 is 7.12 Å². The fraction of sp³-hybridized carbons (Fsp3) is 0.375. The van der Waals surface area contributed by atoms with E-state index in [9.17, 15) is 0 Å². The highest BCUT2D eigenvalue weighted by molar-refractivity contribution is 6.56. The monoisotopic (exact) mass is 194 g/mol. The van der Waals surface area contributed by atoms with E-state index in [0.29, 0.717) is 25.3 Å². The molecule has 0 spiro atoms. The summed E-state index contributed by atoms with van der Waals surface area (Å²) in [5.41, 5.74) is 0.127. The Labute approximate surface area is 82.1 Å². The first-order valence-corrected chi connectivity index (χ1v) is 4.26. The van der Waals surface area contributed by atoms with Crippen LogP contribution >= 0.6 is 0 Å². The van der Waals surface area contributed by atoms with Crippen LogP contribution in [0, 0.1) is 11.3 Å². The molecule has 0 aliphatic rings. The van der Waals surface area contributed by atoms with Crippen LogP contribution in [0.15, 0.2) is 16.5 Å². The lowest BCUT2D eigenvalue weighted by molar-refractivity contribution is 0.403. The minimum atomic E-state index is -1.57. The highest BCUT2D eigenvalue weighted by Gasteiger charge is 2.15. The molecule has 74 valence electrons. The maximum atomic E-state index is 8.75. The first-order chi connectivity index (χ1) is 6.74. The van der Waals surface area contributed by atoms with Crippen molar-refractivity contribution in [3.8, 4) is 6.07 Å². The summed E-state index contributed by atoms with van der Waals surface area (Å²) >= 11 is 0. The highest BCUT2D eigenvalue weighted by atomic mass is 16.4. The van der Waals surface area contributed by atoms with Gasteiger partial charge in [0.2, 0.25) is 0 Å². The predicted octanol–water partition coefficient (Wildman–Crippen LogP) is -1.04. The van der Waals surface area contributed by atoms with Gasteiger partial charge in [0.25, 0.3) is 0 Å². The van der Waals surface area contributed by atoms with E-state index < -0.39 is 7.12 Å². The number of furan rings is 1. The largest absolute Gasteiger partial charge is 0.526 e. The molecule has 5 nitrogen and oxygen atoms in total. The maximum absolute atomic E-state index is 8.75. The van der Waals surface area contributed by atoms with Crippen molar-refractivity contribution >= 4 is 12.8 Å². The van der Waals surface area contributed by atoms with Gasteiger partial charge in [-0.05, 0) is 12.1 Å². The molecular weight excluding hydrogens is 183 g/mol. The molecule has 1 aromatic rings. The van der Waals surface area contributed by atoms with Crippen molar-refractivity contribution in [2.75, 3.05) is 6.54 Å². The molecule has 0 aliphatic carbocycles. The zero-order valence-electron chi connectivity index (χ0n) is 7.60. The Hall–Kier alpha value is -1.29. The number of hydrogen-bond donors (Lipinski definition) is 3. The number of nitrogens with zero attached hydrogens (tertiary/aromatic N) is 1. The van der Waals surface area contributed by atoms with Crippen molar-refractivity contribution in [3.63, 3.8) is 0 Å². The van der Waals surface area contributed by atoms with Crippen LogP contribution in [0.3, 0.4) is 0 Å². The van der Waals surface area contributed by atoms with Crippen molar-refractivity contribution in [2.24, 2.45) is 0 Å². The lowest BCUT2D eigenvalue weighted by Crippen LogP contribution is -2.28. The second-order valence-corrected chi connectivity index (χ2v) is 2.76. The Morgan fingerprint density at radius 1 is 1.50 bits per heavy atom. The Bertz CT molecular complexity index is 319. The first kappa shape index (κ1) is 10.8. The number of nitrogens with one attached hydrogen (secondary N) is 1. The van der Waals surface area contributed by atoms with Crippen LogP contribution in [0.5, 0.6) is 0 Å². The summed E-state index contributed by atoms with van der Waals surface area (Å²) in [5.74, 6) is 0.617. The molecule has 0 radical (unpaired) electrons. The molecule has 0 fully saturated rings. The van der Waals surface area contributed by atoms with E-state index in [4.69, 9.17) is 19.7 Å². The van der Waals surface area contributed by atoms with Gasteiger partial charge in [-0.3, -0.25) is 0 Å². The molecule has 0 bridgehead atoms. The van der Waals surface area contributed by atoms with Crippen molar-refractivity contribution in [3.05, 3.63) is 17.9 Å². The third kappa shape index (κ3) is 3.22. The van der Waals surface area contributed by atoms with Crippen LogP contribution < -0.4 is 11.0 Å². The predicted molar refractivity (Wildman–Crippen MR) is 50.5 cm³/mol.